The van der Waals surface area contributed by atoms with E-state index in [1.54, 1.807) is 6.07 Å². The van der Waals surface area contributed by atoms with Crippen LogP contribution in [0.2, 0.25) is 0 Å². The molecule has 146 valence electrons. The maximum Gasteiger partial charge on any atom is 0.416 e. The minimum Gasteiger partial charge on any atom is -0.309 e. The average molecular weight is 381 g/mol. The molecule has 0 spiro atoms. The van der Waals surface area contributed by atoms with Crippen molar-refractivity contribution in [3.05, 3.63) is 47.2 Å². The predicted octanol–water partition coefficient (Wildman–Crippen LogP) is 3.98. The van der Waals surface area contributed by atoms with Crippen molar-refractivity contribution in [2.75, 3.05) is 11.9 Å². The zero-order valence-corrected chi connectivity index (χ0v) is 15.5. The van der Waals surface area contributed by atoms with Gasteiger partial charge in [0.2, 0.25) is 5.96 Å². The number of hydrogen-bond donors (Lipinski definition) is 3. The number of nitrogens with zero attached hydrogens (tertiary/aromatic N) is 2. The van der Waals surface area contributed by atoms with Gasteiger partial charge in [-0.1, -0.05) is 20.8 Å². The van der Waals surface area contributed by atoms with E-state index < -0.39 is 17.6 Å². The van der Waals surface area contributed by atoms with Crippen LogP contribution in [0.15, 0.2) is 35.3 Å². The number of aliphatic imine (C=N–C) groups is 1. The maximum atomic E-state index is 12.6. The number of carbonyl (C=O) groups is 1. The van der Waals surface area contributed by atoms with Crippen LogP contribution in [0.4, 0.5) is 19.0 Å². The SMILES string of the molecule is Cc1cc(NC(=NCC(C)(C)C)NC(=O)c2ccc(C(F)(F)F)cc2)n[nH]1. The number of rotatable bonds is 3. The molecule has 2 aromatic rings. The lowest BCUT2D eigenvalue weighted by atomic mass is 9.97. The Morgan fingerprint density at radius 1 is 1.19 bits per heavy atom. The summed E-state index contributed by atoms with van der Waals surface area (Å²) in [6, 6.07) is 5.71. The Morgan fingerprint density at radius 3 is 2.30 bits per heavy atom. The smallest absolute Gasteiger partial charge is 0.309 e. The highest BCUT2D eigenvalue weighted by molar-refractivity contribution is 6.09. The number of anilines is 1. The van der Waals surface area contributed by atoms with Crippen molar-refractivity contribution in [2.45, 2.75) is 33.9 Å². The van der Waals surface area contributed by atoms with E-state index in [4.69, 9.17) is 0 Å². The van der Waals surface area contributed by atoms with Crippen molar-refractivity contribution in [3.63, 3.8) is 0 Å². The van der Waals surface area contributed by atoms with E-state index in [9.17, 15) is 18.0 Å². The molecule has 1 aromatic carbocycles. The first-order chi connectivity index (χ1) is 12.4. The molecule has 2 rings (SSSR count). The van der Waals surface area contributed by atoms with Crippen LogP contribution in [0, 0.1) is 12.3 Å². The normalized spacial score (nSPS) is 12.8. The van der Waals surface area contributed by atoms with Crippen molar-refractivity contribution >= 4 is 17.7 Å². The maximum absolute atomic E-state index is 12.6. The van der Waals surface area contributed by atoms with Gasteiger partial charge in [-0.3, -0.25) is 20.2 Å². The summed E-state index contributed by atoms with van der Waals surface area (Å²) in [6.45, 7) is 8.22. The summed E-state index contributed by atoms with van der Waals surface area (Å²) in [5.41, 5.74) is -0.0213. The fourth-order valence-electron chi connectivity index (χ4n) is 2.02. The van der Waals surface area contributed by atoms with E-state index in [2.05, 4.69) is 25.8 Å². The van der Waals surface area contributed by atoms with Crippen LogP contribution in [-0.2, 0) is 6.18 Å². The number of alkyl halides is 3. The van der Waals surface area contributed by atoms with E-state index in [0.29, 0.717) is 12.4 Å². The lowest BCUT2D eigenvalue weighted by Crippen LogP contribution is -2.37. The Labute approximate surface area is 155 Å². The molecule has 0 unspecified atom stereocenters. The molecule has 0 bridgehead atoms. The number of benzene rings is 1. The molecule has 0 radical (unpaired) electrons. The van der Waals surface area contributed by atoms with E-state index >= 15 is 0 Å². The largest absolute Gasteiger partial charge is 0.416 e. The van der Waals surface area contributed by atoms with Crippen molar-refractivity contribution < 1.29 is 18.0 Å². The molecular formula is C18H22F3N5O. The van der Waals surface area contributed by atoms with Gasteiger partial charge in [0.15, 0.2) is 5.82 Å². The van der Waals surface area contributed by atoms with Crippen LogP contribution in [0.25, 0.3) is 0 Å². The molecule has 9 heteroatoms. The molecule has 0 atom stereocenters. The standard InChI is InChI=1S/C18H22F3N5O/c1-11-9-14(26-25-11)23-16(22-10-17(2,3)4)24-15(27)12-5-7-13(8-6-12)18(19,20)21/h5-9H,10H2,1-4H3,(H3,22,23,24,25,26,27). The lowest BCUT2D eigenvalue weighted by molar-refractivity contribution is -0.137. The fraction of sp³-hybridized carbons (Fsp3) is 0.389. The van der Waals surface area contributed by atoms with Crippen LogP contribution in [0.5, 0.6) is 0 Å². The number of aromatic amines is 1. The third-order valence-electron chi connectivity index (χ3n) is 3.37. The Hall–Kier alpha value is -2.84. The molecule has 1 heterocycles. The summed E-state index contributed by atoms with van der Waals surface area (Å²) in [5, 5.41) is 12.3. The van der Waals surface area contributed by atoms with Crippen LogP contribution in [-0.4, -0.2) is 28.6 Å². The Bertz CT molecular complexity index is 817. The highest BCUT2D eigenvalue weighted by Crippen LogP contribution is 2.29. The van der Waals surface area contributed by atoms with Crippen LogP contribution in [0.3, 0.4) is 0 Å². The second kappa shape index (κ2) is 7.81. The van der Waals surface area contributed by atoms with E-state index in [1.807, 2.05) is 27.7 Å². The minimum absolute atomic E-state index is 0.0893. The first-order valence-electron chi connectivity index (χ1n) is 8.26. The predicted molar refractivity (Wildman–Crippen MR) is 97.6 cm³/mol. The molecule has 0 aliphatic carbocycles. The lowest BCUT2D eigenvalue weighted by Gasteiger charge is -2.17. The van der Waals surface area contributed by atoms with Gasteiger partial charge >= 0.3 is 6.18 Å². The quantitative estimate of drug-likeness (QED) is 0.556. The molecule has 0 saturated heterocycles. The van der Waals surface area contributed by atoms with Gasteiger partial charge in [0.1, 0.15) is 0 Å². The second-order valence-corrected chi connectivity index (χ2v) is 7.32. The summed E-state index contributed by atoms with van der Waals surface area (Å²) in [7, 11) is 0. The first kappa shape index (κ1) is 20.5. The summed E-state index contributed by atoms with van der Waals surface area (Å²) >= 11 is 0. The van der Waals surface area contributed by atoms with Crippen molar-refractivity contribution in [3.8, 4) is 0 Å². The highest BCUT2D eigenvalue weighted by Gasteiger charge is 2.30. The van der Waals surface area contributed by atoms with Gasteiger partial charge in [0.05, 0.1) is 5.56 Å². The molecular weight excluding hydrogens is 359 g/mol. The molecule has 1 amide bonds. The number of hydrogen-bond acceptors (Lipinski definition) is 3. The van der Waals surface area contributed by atoms with Gasteiger partial charge < -0.3 is 5.32 Å². The summed E-state index contributed by atoms with van der Waals surface area (Å²) in [4.78, 5) is 16.8. The number of H-pyrrole nitrogens is 1. The highest BCUT2D eigenvalue weighted by atomic mass is 19.4. The number of halogens is 3. The molecule has 0 saturated carbocycles. The van der Waals surface area contributed by atoms with Gasteiger partial charge in [-0.05, 0) is 36.6 Å². The number of carbonyl (C=O) groups excluding carboxylic acids is 1. The molecule has 1 aromatic heterocycles. The number of amides is 1. The fourth-order valence-corrected chi connectivity index (χ4v) is 2.02. The number of aryl methyl sites for hydroxylation is 1. The third kappa shape index (κ3) is 6.43. The third-order valence-corrected chi connectivity index (χ3v) is 3.37. The topological polar surface area (TPSA) is 82.2 Å². The van der Waals surface area contributed by atoms with Crippen molar-refractivity contribution in [1.29, 1.82) is 0 Å². The van der Waals surface area contributed by atoms with Gasteiger partial charge in [-0.25, -0.2) is 0 Å². The zero-order chi connectivity index (χ0) is 20.2. The van der Waals surface area contributed by atoms with Gasteiger partial charge in [0, 0.05) is 23.9 Å². The van der Waals surface area contributed by atoms with Crippen LogP contribution in [0.1, 0.15) is 42.4 Å². The zero-order valence-electron chi connectivity index (χ0n) is 15.5. The molecule has 6 nitrogen and oxygen atoms in total. The van der Waals surface area contributed by atoms with E-state index in [-0.39, 0.29) is 16.9 Å². The number of nitrogens with one attached hydrogen (secondary N) is 3. The summed E-state index contributed by atoms with van der Waals surface area (Å²) in [5.74, 6) is 0.0605. The van der Waals surface area contributed by atoms with Gasteiger partial charge in [-0.15, -0.1) is 0 Å². The molecule has 0 aliphatic rings. The van der Waals surface area contributed by atoms with Gasteiger partial charge in [0.25, 0.3) is 5.91 Å². The van der Waals surface area contributed by atoms with E-state index in [1.165, 1.54) is 0 Å². The van der Waals surface area contributed by atoms with Crippen LogP contribution < -0.4 is 10.6 Å². The summed E-state index contributed by atoms with van der Waals surface area (Å²) < 4.78 is 37.9. The Balaban J connectivity index is 2.16. The van der Waals surface area contributed by atoms with Crippen molar-refractivity contribution in [2.24, 2.45) is 10.4 Å². The monoisotopic (exact) mass is 381 g/mol. The average Bonchev–Trinajstić information content (AvgIpc) is 2.96. The molecule has 3 N–H and O–H groups in total. The number of aromatic nitrogens is 2. The molecule has 0 aliphatic heterocycles. The summed E-state index contributed by atoms with van der Waals surface area (Å²) in [6.07, 6.45) is -4.45. The Kier molecular flexibility index (Phi) is 5.92. The first-order valence-corrected chi connectivity index (χ1v) is 8.26. The molecule has 0 fully saturated rings. The van der Waals surface area contributed by atoms with Gasteiger partial charge in [-0.2, -0.15) is 18.3 Å². The van der Waals surface area contributed by atoms with Crippen molar-refractivity contribution in [1.82, 2.24) is 15.5 Å². The molecule has 27 heavy (non-hydrogen) atoms. The van der Waals surface area contributed by atoms with Crippen LogP contribution >= 0.6 is 0 Å². The Morgan fingerprint density at radius 2 is 1.81 bits per heavy atom. The van der Waals surface area contributed by atoms with E-state index in [0.717, 1.165) is 30.0 Å². The second-order valence-electron chi connectivity index (χ2n) is 7.32. The minimum atomic E-state index is -4.45. The number of guanidine groups is 1.